The van der Waals surface area contributed by atoms with Crippen molar-refractivity contribution in [2.45, 2.75) is 45.3 Å². The Balaban J connectivity index is 1.57. The lowest BCUT2D eigenvalue weighted by molar-refractivity contribution is 0.0842. The van der Waals surface area contributed by atoms with E-state index in [4.69, 9.17) is 24.3 Å². The van der Waals surface area contributed by atoms with Gasteiger partial charge in [-0.15, -0.1) is 0 Å². The van der Waals surface area contributed by atoms with Crippen LogP contribution in [0, 0.1) is 0 Å². The molecule has 2 aliphatic rings. The Morgan fingerprint density at radius 2 is 1.59 bits per heavy atom. The molecule has 0 amide bonds. The highest BCUT2D eigenvalue weighted by Gasteiger charge is 2.43. The van der Waals surface area contributed by atoms with E-state index in [0.29, 0.717) is 17.5 Å². The first-order valence-corrected chi connectivity index (χ1v) is 11.1. The monoisotopic (exact) mass is 423 g/mol. The third kappa shape index (κ3) is 4.16. The van der Waals surface area contributed by atoms with Gasteiger partial charge in [0.2, 0.25) is 0 Å². The van der Waals surface area contributed by atoms with Gasteiger partial charge in [0.1, 0.15) is 0 Å². The average Bonchev–Trinajstić information content (AvgIpc) is 3.12. The Hall–Kier alpha value is -3.09. The van der Waals surface area contributed by atoms with Crippen molar-refractivity contribution < 1.29 is 9.31 Å². The van der Waals surface area contributed by atoms with Gasteiger partial charge in [-0.2, -0.15) is 0 Å². The average molecular weight is 423 g/mol. The molecule has 1 aliphatic carbocycles. The largest absolute Gasteiger partial charge is 0.494 e. The van der Waals surface area contributed by atoms with Crippen LogP contribution < -0.4 is 5.46 Å². The predicted molar refractivity (Wildman–Crippen MR) is 128 cm³/mol. The van der Waals surface area contributed by atoms with Crippen molar-refractivity contribution in [1.29, 1.82) is 0 Å². The van der Waals surface area contributed by atoms with E-state index in [0.717, 1.165) is 35.0 Å². The molecule has 32 heavy (non-hydrogen) atoms. The summed E-state index contributed by atoms with van der Waals surface area (Å²) in [7, 11) is -0.404. The molecule has 5 rings (SSSR count). The molecule has 1 saturated heterocycles. The number of nitrogens with zero attached hydrogens (tertiary/aromatic N) is 3. The first-order chi connectivity index (χ1) is 15.5. The normalized spacial score (nSPS) is 19.8. The fourth-order valence-corrected chi connectivity index (χ4v) is 3.85. The van der Waals surface area contributed by atoms with Crippen LogP contribution in [0.4, 0.5) is 0 Å². The lowest BCUT2D eigenvalue weighted by Gasteiger charge is -2.21. The fourth-order valence-electron chi connectivity index (χ4n) is 3.85. The van der Waals surface area contributed by atoms with E-state index in [-0.39, 0.29) is 11.7 Å². The quantitative estimate of drug-likeness (QED) is 0.562. The van der Waals surface area contributed by atoms with E-state index in [1.54, 1.807) is 0 Å². The van der Waals surface area contributed by atoms with Gasteiger partial charge in [0.05, 0.1) is 11.7 Å². The second-order valence-corrected chi connectivity index (χ2v) is 8.77. The summed E-state index contributed by atoms with van der Waals surface area (Å²) in [6, 6.07) is 18.1. The topological polar surface area (TPSA) is 57.1 Å². The molecule has 6 heteroatoms. The number of rotatable bonds is 4. The summed E-state index contributed by atoms with van der Waals surface area (Å²) >= 11 is 0. The Kier molecular flexibility index (Phi) is 5.49. The van der Waals surface area contributed by atoms with Gasteiger partial charge in [0, 0.05) is 16.7 Å². The third-order valence-electron chi connectivity index (χ3n) is 6.06. The van der Waals surface area contributed by atoms with E-state index in [9.17, 15) is 0 Å². The summed E-state index contributed by atoms with van der Waals surface area (Å²) in [5.74, 6) is 2.00. The van der Waals surface area contributed by atoms with Crippen LogP contribution in [0.3, 0.4) is 0 Å². The van der Waals surface area contributed by atoms with E-state index >= 15 is 0 Å². The van der Waals surface area contributed by atoms with Gasteiger partial charge < -0.3 is 9.31 Å². The van der Waals surface area contributed by atoms with Gasteiger partial charge in [0.15, 0.2) is 17.5 Å². The zero-order valence-corrected chi connectivity index (χ0v) is 18.7. The van der Waals surface area contributed by atoms with E-state index in [2.05, 4.69) is 38.1 Å². The van der Waals surface area contributed by atoms with Gasteiger partial charge in [-0.1, -0.05) is 72.8 Å². The lowest BCUT2D eigenvalue weighted by atomic mass is 9.78. The molecule has 0 radical (unpaired) electrons. The summed E-state index contributed by atoms with van der Waals surface area (Å²) in [5.41, 5.74) is 3.54. The maximum absolute atomic E-state index is 6.16. The van der Waals surface area contributed by atoms with Crippen LogP contribution in [0.2, 0.25) is 0 Å². The lowest BCUT2D eigenvalue weighted by Crippen LogP contribution is -2.34. The predicted octanol–water partition coefficient (Wildman–Crippen LogP) is 4.85. The zero-order valence-electron chi connectivity index (χ0n) is 18.7. The third-order valence-corrected chi connectivity index (χ3v) is 6.06. The Morgan fingerprint density at radius 3 is 2.28 bits per heavy atom. The SMILES string of the molecule is CC1OB(c2cccc(-c3nc(C4=CCCC=C4)nc(-c4ccccc4)n3)c2)OC1(C)C. The van der Waals surface area contributed by atoms with Crippen LogP contribution in [-0.4, -0.2) is 33.8 Å². The zero-order chi connectivity index (χ0) is 22.1. The highest BCUT2D eigenvalue weighted by Crippen LogP contribution is 2.28. The molecule has 160 valence electrons. The molecular formula is C26H26BN3O2. The molecule has 0 N–H and O–H groups in total. The Bertz CT molecular complexity index is 1190. The minimum atomic E-state index is -0.404. The highest BCUT2D eigenvalue weighted by atomic mass is 16.7. The molecule has 1 aliphatic heterocycles. The minimum Gasteiger partial charge on any atom is -0.402 e. The first kappa shape index (κ1) is 20.8. The standard InChI is InChI=1S/C26H26BN3O2/c1-18-26(2,3)32-27(31-18)22-16-10-15-21(17-22)25-29-23(19-11-6-4-7-12-19)28-24(30-25)20-13-8-5-9-14-20/h4,6-8,10-18H,5,9H2,1-3H3. The maximum atomic E-state index is 6.16. The molecule has 1 aromatic heterocycles. The molecular weight excluding hydrogens is 397 g/mol. The smallest absolute Gasteiger partial charge is 0.402 e. The van der Waals surface area contributed by atoms with Gasteiger partial charge >= 0.3 is 7.12 Å². The summed E-state index contributed by atoms with van der Waals surface area (Å²) in [6.45, 7) is 6.15. The van der Waals surface area contributed by atoms with Crippen molar-refractivity contribution in [3.05, 3.63) is 78.6 Å². The second-order valence-electron chi connectivity index (χ2n) is 8.77. The molecule has 0 bridgehead atoms. The summed E-state index contributed by atoms with van der Waals surface area (Å²) in [5, 5.41) is 0. The van der Waals surface area contributed by atoms with E-state index in [1.807, 2.05) is 55.5 Å². The van der Waals surface area contributed by atoms with E-state index in [1.165, 1.54) is 0 Å². The van der Waals surface area contributed by atoms with Crippen molar-refractivity contribution >= 4 is 18.2 Å². The van der Waals surface area contributed by atoms with Crippen molar-refractivity contribution in [1.82, 2.24) is 15.0 Å². The van der Waals surface area contributed by atoms with Crippen LogP contribution in [0.25, 0.3) is 28.3 Å². The van der Waals surface area contributed by atoms with Gasteiger partial charge in [0.25, 0.3) is 0 Å². The second kappa shape index (κ2) is 8.45. The number of hydrogen-bond acceptors (Lipinski definition) is 5. The molecule has 5 nitrogen and oxygen atoms in total. The van der Waals surface area contributed by atoms with Gasteiger partial charge in [-0.25, -0.2) is 15.0 Å². The van der Waals surface area contributed by atoms with Crippen molar-refractivity contribution in [2.75, 3.05) is 0 Å². The van der Waals surface area contributed by atoms with Crippen molar-refractivity contribution in [3.63, 3.8) is 0 Å². The van der Waals surface area contributed by atoms with Gasteiger partial charge in [-0.05, 0) is 39.1 Å². The summed E-state index contributed by atoms with van der Waals surface area (Å²) in [6.07, 6.45) is 8.50. The Labute approximate surface area is 189 Å². The first-order valence-electron chi connectivity index (χ1n) is 11.1. The summed E-state index contributed by atoms with van der Waals surface area (Å²) < 4.78 is 12.2. The molecule has 1 unspecified atom stereocenters. The molecule has 1 atom stereocenters. The van der Waals surface area contributed by atoms with Crippen LogP contribution >= 0.6 is 0 Å². The van der Waals surface area contributed by atoms with Crippen LogP contribution in [0.5, 0.6) is 0 Å². The molecule has 0 spiro atoms. The van der Waals surface area contributed by atoms with E-state index < -0.39 is 7.12 Å². The van der Waals surface area contributed by atoms with Crippen LogP contribution in [0.1, 0.15) is 39.4 Å². The van der Waals surface area contributed by atoms with Crippen molar-refractivity contribution in [2.24, 2.45) is 0 Å². The molecule has 1 fully saturated rings. The minimum absolute atomic E-state index is 0.00893. The maximum Gasteiger partial charge on any atom is 0.494 e. The van der Waals surface area contributed by atoms with Crippen LogP contribution in [-0.2, 0) is 9.31 Å². The Morgan fingerprint density at radius 1 is 0.875 bits per heavy atom. The molecule has 2 heterocycles. The number of aromatic nitrogens is 3. The van der Waals surface area contributed by atoms with Crippen LogP contribution in [0.15, 0.2) is 72.8 Å². The summed E-state index contributed by atoms with van der Waals surface area (Å²) in [4.78, 5) is 14.5. The number of benzene rings is 2. The highest BCUT2D eigenvalue weighted by molar-refractivity contribution is 6.62. The molecule has 3 aromatic rings. The fraction of sp³-hybridized carbons (Fsp3) is 0.269. The number of allylic oxidation sites excluding steroid dienone is 4. The molecule has 2 aromatic carbocycles. The van der Waals surface area contributed by atoms with Crippen molar-refractivity contribution in [3.8, 4) is 22.8 Å². The number of hydrogen-bond donors (Lipinski definition) is 0. The molecule has 0 saturated carbocycles. The van der Waals surface area contributed by atoms with Gasteiger partial charge in [-0.3, -0.25) is 0 Å².